The van der Waals surface area contributed by atoms with Gasteiger partial charge in [-0.2, -0.15) is 0 Å². The first-order valence-corrected chi connectivity index (χ1v) is 6.25. The Kier molecular flexibility index (Phi) is 3.99. The van der Waals surface area contributed by atoms with Crippen molar-refractivity contribution in [1.29, 1.82) is 0 Å². The van der Waals surface area contributed by atoms with E-state index in [0.29, 0.717) is 15.2 Å². The van der Waals surface area contributed by atoms with Crippen molar-refractivity contribution in [3.8, 4) is 0 Å². The standard InChI is InChI=1S/C13H8BrClFNO/c14-11-5-4-8(6-12(11)16)13(18)17-10-3-1-2-9(15)7-10/h1-7H,(H,17,18). The van der Waals surface area contributed by atoms with Gasteiger partial charge in [0.15, 0.2) is 0 Å². The van der Waals surface area contributed by atoms with Gasteiger partial charge < -0.3 is 5.32 Å². The maximum absolute atomic E-state index is 13.3. The predicted octanol–water partition coefficient (Wildman–Crippen LogP) is 4.49. The van der Waals surface area contributed by atoms with E-state index in [-0.39, 0.29) is 11.5 Å². The molecule has 2 aromatic rings. The molecule has 0 unspecified atom stereocenters. The van der Waals surface area contributed by atoms with Gasteiger partial charge >= 0.3 is 0 Å². The van der Waals surface area contributed by atoms with Crippen molar-refractivity contribution < 1.29 is 9.18 Å². The van der Waals surface area contributed by atoms with Gasteiger partial charge in [0.05, 0.1) is 4.47 Å². The summed E-state index contributed by atoms with van der Waals surface area (Å²) in [5, 5.41) is 3.16. The van der Waals surface area contributed by atoms with Crippen molar-refractivity contribution in [2.45, 2.75) is 0 Å². The Morgan fingerprint density at radius 2 is 2.00 bits per heavy atom. The lowest BCUT2D eigenvalue weighted by molar-refractivity contribution is 0.102. The monoisotopic (exact) mass is 327 g/mol. The maximum Gasteiger partial charge on any atom is 0.255 e. The summed E-state index contributed by atoms with van der Waals surface area (Å²) in [6.07, 6.45) is 0. The smallest absolute Gasteiger partial charge is 0.255 e. The highest BCUT2D eigenvalue weighted by molar-refractivity contribution is 9.10. The number of nitrogens with one attached hydrogen (secondary N) is 1. The highest BCUT2D eigenvalue weighted by Crippen LogP contribution is 2.19. The number of hydrogen-bond donors (Lipinski definition) is 1. The Balaban J connectivity index is 2.19. The van der Waals surface area contributed by atoms with Crippen LogP contribution in [-0.2, 0) is 0 Å². The molecule has 2 aromatic carbocycles. The fourth-order valence-electron chi connectivity index (χ4n) is 1.41. The second kappa shape index (κ2) is 5.50. The van der Waals surface area contributed by atoms with Crippen LogP contribution in [0.3, 0.4) is 0 Å². The number of carbonyl (C=O) groups excluding carboxylic acids is 1. The van der Waals surface area contributed by atoms with E-state index in [1.54, 1.807) is 24.3 Å². The first-order chi connectivity index (χ1) is 8.56. The van der Waals surface area contributed by atoms with Gasteiger partial charge in [0.2, 0.25) is 0 Å². The molecule has 0 atom stereocenters. The van der Waals surface area contributed by atoms with E-state index in [4.69, 9.17) is 11.6 Å². The lowest BCUT2D eigenvalue weighted by Gasteiger charge is -2.06. The van der Waals surface area contributed by atoms with Gasteiger partial charge in [-0.15, -0.1) is 0 Å². The topological polar surface area (TPSA) is 29.1 Å². The van der Waals surface area contributed by atoms with E-state index in [1.165, 1.54) is 18.2 Å². The fourth-order valence-corrected chi connectivity index (χ4v) is 1.84. The van der Waals surface area contributed by atoms with Gasteiger partial charge in [-0.3, -0.25) is 4.79 Å². The molecule has 0 aliphatic carbocycles. The molecule has 0 heterocycles. The average Bonchev–Trinajstić information content (AvgIpc) is 2.32. The molecule has 0 aliphatic heterocycles. The second-order valence-corrected chi connectivity index (χ2v) is 4.88. The quantitative estimate of drug-likeness (QED) is 0.864. The summed E-state index contributed by atoms with van der Waals surface area (Å²) in [6, 6.07) is 10.9. The molecule has 0 fully saturated rings. The zero-order valence-electron chi connectivity index (χ0n) is 9.08. The molecule has 18 heavy (non-hydrogen) atoms. The van der Waals surface area contributed by atoms with E-state index >= 15 is 0 Å². The molecule has 2 rings (SSSR count). The van der Waals surface area contributed by atoms with E-state index in [0.717, 1.165) is 0 Å². The summed E-state index contributed by atoms with van der Waals surface area (Å²) in [7, 11) is 0. The van der Waals surface area contributed by atoms with Crippen molar-refractivity contribution >= 4 is 39.1 Å². The first-order valence-electron chi connectivity index (χ1n) is 5.08. The van der Waals surface area contributed by atoms with Crippen LogP contribution in [0.4, 0.5) is 10.1 Å². The second-order valence-electron chi connectivity index (χ2n) is 3.59. The number of benzene rings is 2. The third-order valence-corrected chi connectivity index (χ3v) is 3.14. The van der Waals surface area contributed by atoms with Crippen molar-refractivity contribution in [3.63, 3.8) is 0 Å². The van der Waals surface area contributed by atoms with Crippen LogP contribution in [0.25, 0.3) is 0 Å². The average molecular weight is 329 g/mol. The fraction of sp³-hybridized carbons (Fsp3) is 0. The molecule has 0 aliphatic rings. The normalized spacial score (nSPS) is 10.2. The van der Waals surface area contributed by atoms with E-state index in [9.17, 15) is 9.18 Å². The number of rotatable bonds is 2. The van der Waals surface area contributed by atoms with E-state index in [2.05, 4.69) is 21.2 Å². The molecular formula is C13H8BrClFNO. The van der Waals surface area contributed by atoms with Crippen LogP contribution in [0, 0.1) is 5.82 Å². The lowest BCUT2D eigenvalue weighted by atomic mass is 10.2. The molecule has 0 saturated carbocycles. The molecule has 0 bridgehead atoms. The molecule has 0 spiro atoms. The number of amides is 1. The summed E-state index contributed by atoms with van der Waals surface area (Å²) in [6.45, 7) is 0. The molecule has 0 saturated heterocycles. The van der Waals surface area contributed by atoms with Crippen LogP contribution in [0.5, 0.6) is 0 Å². The Morgan fingerprint density at radius 3 is 2.67 bits per heavy atom. The summed E-state index contributed by atoms with van der Waals surface area (Å²) in [4.78, 5) is 11.9. The Morgan fingerprint density at radius 1 is 1.22 bits per heavy atom. The van der Waals surface area contributed by atoms with Gasteiger partial charge in [0.1, 0.15) is 5.82 Å². The minimum Gasteiger partial charge on any atom is -0.322 e. The van der Waals surface area contributed by atoms with Gasteiger partial charge in [-0.1, -0.05) is 17.7 Å². The van der Waals surface area contributed by atoms with Crippen molar-refractivity contribution in [2.24, 2.45) is 0 Å². The van der Waals surface area contributed by atoms with Crippen molar-refractivity contribution in [1.82, 2.24) is 0 Å². The number of carbonyl (C=O) groups is 1. The van der Waals surface area contributed by atoms with Crippen LogP contribution in [0.2, 0.25) is 5.02 Å². The van der Waals surface area contributed by atoms with Gasteiger partial charge in [0.25, 0.3) is 5.91 Å². The Labute approximate surface area is 117 Å². The zero-order chi connectivity index (χ0) is 13.1. The predicted molar refractivity (Wildman–Crippen MR) is 73.5 cm³/mol. The summed E-state index contributed by atoms with van der Waals surface area (Å²) in [5.41, 5.74) is 0.812. The molecule has 0 aromatic heterocycles. The largest absolute Gasteiger partial charge is 0.322 e. The number of anilines is 1. The van der Waals surface area contributed by atoms with Crippen molar-refractivity contribution in [2.75, 3.05) is 5.32 Å². The molecule has 92 valence electrons. The third-order valence-electron chi connectivity index (χ3n) is 2.26. The van der Waals surface area contributed by atoms with Gasteiger partial charge in [0, 0.05) is 16.3 Å². The molecule has 1 N–H and O–H groups in total. The summed E-state index contributed by atoms with van der Waals surface area (Å²) in [5.74, 6) is -0.864. The van der Waals surface area contributed by atoms with Gasteiger partial charge in [-0.25, -0.2) is 4.39 Å². The summed E-state index contributed by atoms with van der Waals surface area (Å²) >= 11 is 8.83. The lowest BCUT2D eigenvalue weighted by Crippen LogP contribution is -2.12. The highest BCUT2D eigenvalue weighted by Gasteiger charge is 2.09. The number of hydrogen-bond acceptors (Lipinski definition) is 1. The van der Waals surface area contributed by atoms with Crippen LogP contribution in [0.1, 0.15) is 10.4 Å². The minimum atomic E-state index is -0.478. The maximum atomic E-state index is 13.3. The molecular weight excluding hydrogens is 321 g/mol. The van der Waals surface area contributed by atoms with Crippen LogP contribution in [0.15, 0.2) is 46.9 Å². The first kappa shape index (κ1) is 13.1. The Hall–Kier alpha value is -1.39. The molecule has 0 radical (unpaired) electrons. The summed E-state index contributed by atoms with van der Waals surface area (Å²) < 4.78 is 13.6. The van der Waals surface area contributed by atoms with E-state index < -0.39 is 5.82 Å². The van der Waals surface area contributed by atoms with Crippen LogP contribution in [-0.4, -0.2) is 5.91 Å². The Bertz CT molecular complexity index is 603. The van der Waals surface area contributed by atoms with Crippen LogP contribution >= 0.6 is 27.5 Å². The highest BCUT2D eigenvalue weighted by atomic mass is 79.9. The molecule has 2 nitrogen and oxygen atoms in total. The third kappa shape index (κ3) is 3.09. The van der Waals surface area contributed by atoms with Crippen LogP contribution < -0.4 is 5.32 Å². The van der Waals surface area contributed by atoms with Crippen molar-refractivity contribution in [3.05, 3.63) is 63.3 Å². The number of halogens is 3. The molecule has 5 heteroatoms. The zero-order valence-corrected chi connectivity index (χ0v) is 11.4. The minimum absolute atomic E-state index is 0.246. The molecule has 1 amide bonds. The van der Waals surface area contributed by atoms with E-state index in [1.807, 2.05) is 0 Å². The van der Waals surface area contributed by atoms with Gasteiger partial charge in [-0.05, 0) is 52.3 Å². The SMILES string of the molecule is O=C(Nc1cccc(Cl)c1)c1ccc(Br)c(F)c1.